The lowest BCUT2D eigenvalue weighted by molar-refractivity contribution is 0.294. The first-order valence-electron chi connectivity index (χ1n) is 5.78. The molecule has 1 heteroatoms. The molecule has 2 rings (SSSR count). The lowest BCUT2D eigenvalue weighted by Gasteiger charge is -2.24. The van der Waals surface area contributed by atoms with Crippen LogP contribution in [-0.4, -0.2) is 6.29 Å². The Balaban J connectivity index is 2.05. The summed E-state index contributed by atoms with van der Waals surface area (Å²) in [5.74, 6) is 1.94. The van der Waals surface area contributed by atoms with Crippen molar-refractivity contribution in [3.05, 3.63) is 0 Å². The average molecular weight is 179 g/mol. The van der Waals surface area contributed by atoms with Gasteiger partial charge < -0.3 is 0 Å². The maximum absolute atomic E-state index is 10.8. The van der Waals surface area contributed by atoms with E-state index in [0.29, 0.717) is 5.92 Å². The Morgan fingerprint density at radius 3 is 2.38 bits per heavy atom. The zero-order valence-corrected chi connectivity index (χ0v) is 8.30. The summed E-state index contributed by atoms with van der Waals surface area (Å²) in [5, 5.41) is 0. The zero-order valence-electron chi connectivity index (χ0n) is 8.30. The molecule has 0 aromatic rings. The van der Waals surface area contributed by atoms with Crippen molar-refractivity contribution < 1.29 is 4.79 Å². The summed E-state index contributed by atoms with van der Waals surface area (Å²) < 4.78 is 0. The van der Waals surface area contributed by atoms with Crippen LogP contribution in [0.2, 0.25) is 0 Å². The van der Waals surface area contributed by atoms with Gasteiger partial charge in [0, 0.05) is 5.92 Å². The molecule has 0 aromatic carbocycles. The van der Waals surface area contributed by atoms with E-state index in [4.69, 9.17) is 0 Å². The van der Waals surface area contributed by atoms with Gasteiger partial charge in [-0.3, -0.25) is 4.79 Å². The summed E-state index contributed by atoms with van der Waals surface area (Å²) in [5.41, 5.74) is 0. The summed E-state index contributed by atoms with van der Waals surface area (Å²) in [6.07, 6.45) is 12.8. The van der Waals surface area contributed by atoms with Gasteiger partial charge in [-0.2, -0.15) is 0 Å². The predicted octanol–water partition coefficient (Wildman–Crippen LogP) is 3.09. The fourth-order valence-corrected chi connectivity index (χ4v) is 3.12. The maximum Gasteiger partial charge on any atom is 0.202 e. The van der Waals surface area contributed by atoms with Crippen molar-refractivity contribution in [2.24, 2.45) is 17.8 Å². The highest BCUT2D eigenvalue weighted by molar-refractivity contribution is 5.55. The number of hydrogen-bond acceptors (Lipinski definition) is 1. The SMILES string of the molecule is O=[C]C1CCCC2CCCC1CC2. The van der Waals surface area contributed by atoms with E-state index in [9.17, 15) is 4.79 Å². The van der Waals surface area contributed by atoms with E-state index in [0.717, 1.165) is 12.3 Å². The topological polar surface area (TPSA) is 17.1 Å². The van der Waals surface area contributed by atoms with E-state index < -0.39 is 0 Å². The Labute approximate surface area is 80.9 Å². The maximum atomic E-state index is 10.8. The van der Waals surface area contributed by atoms with Gasteiger partial charge in [0.2, 0.25) is 6.29 Å². The Morgan fingerprint density at radius 1 is 0.846 bits per heavy atom. The second kappa shape index (κ2) is 4.26. The van der Waals surface area contributed by atoms with Gasteiger partial charge in [-0.25, -0.2) is 0 Å². The summed E-state index contributed by atoms with van der Waals surface area (Å²) in [7, 11) is 0. The van der Waals surface area contributed by atoms with Crippen LogP contribution in [0.1, 0.15) is 51.4 Å². The molecule has 1 radical (unpaired) electrons. The Bertz CT molecular complexity index is 176. The van der Waals surface area contributed by atoms with Crippen LogP contribution in [0, 0.1) is 17.8 Å². The molecule has 0 N–H and O–H groups in total. The summed E-state index contributed by atoms with van der Waals surface area (Å²) in [4.78, 5) is 10.8. The largest absolute Gasteiger partial charge is 0.291 e. The third kappa shape index (κ3) is 2.12. The van der Waals surface area contributed by atoms with Crippen LogP contribution in [0.4, 0.5) is 0 Å². The van der Waals surface area contributed by atoms with E-state index >= 15 is 0 Å². The van der Waals surface area contributed by atoms with Crippen LogP contribution in [-0.2, 0) is 4.79 Å². The third-order valence-electron chi connectivity index (χ3n) is 3.98. The summed E-state index contributed by atoms with van der Waals surface area (Å²) in [6, 6.07) is 0. The van der Waals surface area contributed by atoms with Crippen molar-refractivity contribution in [1.82, 2.24) is 0 Å². The lowest BCUT2D eigenvalue weighted by Crippen LogP contribution is -2.17. The predicted molar refractivity (Wildman–Crippen MR) is 53.1 cm³/mol. The molecule has 2 bridgehead atoms. The molecule has 0 amide bonds. The van der Waals surface area contributed by atoms with Gasteiger partial charge >= 0.3 is 0 Å². The molecule has 73 valence electrons. The highest BCUT2D eigenvalue weighted by Gasteiger charge is 2.28. The fraction of sp³-hybridized carbons (Fsp3) is 0.917. The Kier molecular flexibility index (Phi) is 3.02. The molecule has 3 atom stereocenters. The Morgan fingerprint density at radius 2 is 1.62 bits per heavy atom. The zero-order chi connectivity index (χ0) is 9.10. The molecule has 0 heterocycles. The Hall–Kier alpha value is -0.330. The molecule has 0 aromatic heterocycles. The normalized spacial score (nSPS) is 40.5. The first-order valence-corrected chi connectivity index (χ1v) is 5.78. The van der Waals surface area contributed by atoms with E-state index in [1.165, 1.54) is 44.9 Å². The molecule has 2 aliphatic carbocycles. The molecule has 13 heavy (non-hydrogen) atoms. The molecular formula is C12H19O. The second-order valence-corrected chi connectivity index (χ2v) is 4.79. The summed E-state index contributed by atoms with van der Waals surface area (Å²) in [6.45, 7) is 0. The minimum Gasteiger partial charge on any atom is -0.291 e. The standard InChI is InChI=1S/C12H19O/c13-9-12-6-2-4-10-3-1-5-11(12)8-7-10/h10-12H,1-8H2. The summed E-state index contributed by atoms with van der Waals surface area (Å²) >= 11 is 0. The van der Waals surface area contributed by atoms with E-state index in [2.05, 4.69) is 6.29 Å². The molecule has 0 spiro atoms. The molecule has 2 fully saturated rings. The van der Waals surface area contributed by atoms with Gasteiger partial charge in [-0.15, -0.1) is 0 Å². The minimum absolute atomic E-state index is 0.277. The van der Waals surface area contributed by atoms with E-state index in [1.54, 1.807) is 0 Å². The van der Waals surface area contributed by atoms with Crippen molar-refractivity contribution >= 4 is 6.29 Å². The van der Waals surface area contributed by atoms with Crippen LogP contribution in [0.15, 0.2) is 0 Å². The van der Waals surface area contributed by atoms with Crippen molar-refractivity contribution in [1.29, 1.82) is 0 Å². The van der Waals surface area contributed by atoms with Crippen molar-refractivity contribution in [2.75, 3.05) is 0 Å². The van der Waals surface area contributed by atoms with Crippen LogP contribution in [0.3, 0.4) is 0 Å². The smallest absolute Gasteiger partial charge is 0.202 e. The molecule has 0 aliphatic heterocycles. The van der Waals surface area contributed by atoms with E-state index in [1.807, 2.05) is 0 Å². The van der Waals surface area contributed by atoms with Gasteiger partial charge in [0.25, 0.3) is 0 Å². The highest BCUT2D eigenvalue weighted by Crippen LogP contribution is 2.38. The first kappa shape index (κ1) is 9.23. The van der Waals surface area contributed by atoms with E-state index in [-0.39, 0.29) is 5.92 Å². The quantitative estimate of drug-likeness (QED) is 0.604. The molecule has 3 unspecified atom stereocenters. The number of rotatable bonds is 1. The second-order valence-electron chi connectivity index (χ2n) is 4.79. The van der Waals surface area contributed by atoms with Crippen LogP contribution in [0.5, 0.6) is 0 Å². The third-order valence-corrected chi connectivity index (χ3v) is 3.98. The van der Waals surface area contributed by atoms with Crippen molar-refractivity contribution in [2.45, 2.75) is 51.4 Å². The number of hydrogen-bond donors (Lipinski definition) is 0. The molecule has 1 nitrogen and oxygen atoms in total. The van der Waals surface area contributed by atoms with Gasteiger partial charge in [-0.05, 0) is 31.1 Å². The highest BCUT2D eigenvalue weighted by atomic mass is 16.1. The first-order chi connectivity index (χ1) is 6.40. The monoisotopic (exact) mass is 179 g/mol. The van der Waals surface area contributed by atoms with Gasteiger partial charge in [0.1, 0.15) is 0 Å². The van der Waals surface area contributed by atoms with Gasteiger partial charge in [-0.1, -0.05) is 32.1 Å². The molecular weight excluding hydrogens is 160 g/mol. The number of fused-ring (bicyclic) bond motifs is 3. The van der Waals surface area contributed by atoms with Crippen molar-refractivity contribution in [3.63, 3.8) is 0 Å². The van der Waals surface area contributed by atoms with Crippen LogP contribution >= 0.6 is 0 Å². The molecule has 2 saturated carbocycles. The number of carbonyl (C=O) groups excluding carboxylic acids is 1. The molecule has 2 aliphatic rings. The average Bonchev–Trinajstić information content (AvgIpc) is 2.29. The fourth-order valence-electron chi connectivity index (χ4n) is 3.12. The van der Waals surface area contributed by atoms with Crippen LogP contribution in [0.25, 0.3) is 0 Å². The van der Waals surface area contributed by atoms with Gasteiger partial charge in [0.15, 0.2) is 0 Å². The lowest BCUT2D eigenvalue weighted by atomic mass is 9.80. The van der Waals surface area contributed by atoms with Crippen LogP contribution < -0.4 is 0 Å². The minimum atomic E-state index is 0.277. The van der Waals surface area contributed by atoms with Crippen molar-refractivity contribution in [3.8, 4) is 0 Å². The molecule has 0 saturated heterocycles. The van der Waals surface area contributed by atoms with Gasteiger partial charge in [0.05, 0.1) is 0 Å².